The molecule has 0 saturated heterocycles. The molecule has 2 amide bonds. The maximum Gasteiger partial charge on any atom is 0.408 e. The van der Waals surface area contributed by atoms with Gasteiger partial charge in [0.15, 0.2) is 0 Å². The van der Waals surface area contributed by atoms with E-state index >= 15 is 0 Å². The van der Waals surface area contributed by atoms with Gasteiger partial charge in [0.05, 0.1) is 0 Å². The van der Waals surface area contributed by atoms with E-state index in [9.17, 15) is 9.59 Å². The van der Waals surface area contributed by atoms with Crippen molar-refractivity contribution in [2.45, 2.75) is 19.6 Å². The Kier molecular flexibility index (Phi) is 6.38. The number of benzene rings is 1. The maximum atomic E-state index is 11.5. The van der Waals surface area contributed by atoms with Crippen molar-refractivity contribution in [3.8, 4) is 0 Å². The fourth-order valence-electron chi connectivity index (χ4n) is 1.30. The molecule has 0 aromatic heterocycles. The highest BCUT2D eigenvalue weighted by molar-refractivity contribution is 5.85. The first kappa shape index (κ1) is 15.0. The van der Waals surface area contributed by atoms with Gasteiger partial charge in [0, 0.05) is 7.11 Å². The molecule has 0 aliphatic heterocycles. The van der Waals surface area contributed by atoms with Gasteiger partial charge in [-0.2, -0.15) is 0 Å². The lowest BCUT2D eigenvalue weighted by Gasteiger charge is -2.13. The molecule has 104 valence electrons. The van der Waals surface area contributed by atoms with Crippen LogP contribution < -0.4 is 10.6 Å². The van der Waals surface area contributed by atoms with Crippen LogP contribution in [0.3, 0.4) is 0 Å². The molecule has 0 unspecified atom stereocenters. The number of ether oxygens (including phenoxy) is 2. The largest absolute Gasteiger partial charge is 0.445 e. The molecule has 0 spiro atoms. The van der Waals surface area contributed by atoms with Crippen molar-refractivity contribution in [2.75, 3.05) is 13.8 Å². The molecule has 6 heteroatoms. The molecule has 1 aromatic carbocycles. The number of hydrogen-bond acceptors (Lipinski definition) is 4. The second kappa shape index (κ2) is 8.10. The number of amides is 2. The standard InChI is InChI=1S/C13H18N2O4/c1-10(12(16)14-9-18-2)15-13(17)19-8-11-6-4-3-5-7-11/h3-7,10H,8-9H2,1-2H3,(H,14,16)(H,15,17)/t10-/m0/s1. The summed E-state index contributed by atoms with van der Waals surface area (Å²) in [5.74, 6) is -0.335. The quantitative estimate of drug-likeness (QED) is 0.754. The van der Waals surface area contributed by atoms with Gasteiger partial charge in [-0.3, -0.25) is 4.79 Å². The molecule has 0 bridgehead atoms. The zero-order valence-electron chi connectivity index (χ0n) is 11.0. The summed E-state index contributed by atoms with van der Waals surface area (Å²) in [5, 5.41) is 4.91. The maximum absolute atomic E-state index is 11.5. The number of nitrogens with one attached hydrogen (secondary N) is 2. The highest BCUT2D eigenvalue weighted by atomic mass is 16.5. The molecule has 0 fully saturated rings. The van der Waals surface area contributed by atoms with Crippen LogP contribution >= 0.6 is 0 Å². The molecule has 1 aromatic rings. The van der Waals surface area contributed by atoms with E-state index in [4.69, 9.17) is 9.47 Å². The summed E-state index contributed by atoms with van der Waals surface area (Å²) < 4.78 is 9.69. The molecule has 1 atom stereocenters. The Hall–Kier alpha value is -2.08. The molecule has 1 rings (SSSR count). The monoisotopic (exact) mass is 266 g/mol. The fraction of sp³-hybridized carbons (Fsp3) is 0.385. The molecule has 6 nitrogen and oxygen atoms in total. The van der Waals surface area contributed by atoms with Gasteiger partial charge in [-0.25, -0.2) is 4.79 Å². The number of alkyl carbamates (subject to hydrolysis) is 1. The van der Waals surface area contributed by atoms with Gasteiger partial charge in [0.1, 0.15) is 19.4 Å². The smallest absolute Gasteiger partial charge is 0.408 e. The minimum Gasteiger partial charge on any atom is -0.445 e. The fourth-order valence-corrected chi connectivity index (χ4v) is 1.30. The van der Waals surface area contributed by atoms with Gasteiger partial charge in [0.2, 0.25) is 5.91 Å². The van der Waals surface area contributed by atoms with E-state index in [0.717, 1.165) is 5.56 Å². The zero-order valence-corrected chi connectivity index (χ0v) is 11.0. The number of carbonyl (C=O) groups is 2. The molecule has 0 radical (unpaired) electrons. The van der Waals surface area contributed by atoms with E-state index in [1.807, 2.05) is 30.3 Å². The Balaban J connectivity index is 2.29. The van der Waals surface area contributed by atoms with Crippen molar-refractivity contribution >= 4 is 12.0 Å². The van der Waals surface area contributed by atoms with Gasteiger partial charge in [-0.05, 0) is 12.5 Å². The highest BCUT2D eigenvalue weighted by Crippen LogP contribution is 2.00. The molecule has 0 aliphatic rings. The molecule has 19 heavy (non-hydrogen) atoms. The first-order valence-corrected chi connectivity index (χ1v) is 5.87. The van der Waals surface area contributed by atoms with E-state index in [2.05, 4.69) is 10.6 Å². The second-order valence-corrected chi connectivity index (χ2v) is 3.90. The summed E-state index contributed by atoms with van der Waals surface area (Å²) in [6.45, 7) is 1.83. The summed E-state index contributed by atoms with van der Waals surface area (Å²) in [6, 6.07) is 8.61. The van der Waals surface area contributed by atoms with Gasteiger partial charge in [-0.15, -0.1) is 0 Å². The van der Waals surface area contributed by atoms with Crippen LogP contribution in [-0.4, -0.2) is 31.9 Å². The van der Waals surface area contributed by atoms with Gasteiger partial charge in [-0.1, -0.05) is 30.3 Å². The predicted molar refractivity (Wildman–Crippen MR) is 69.2 cm³/mol. The molecular formula is C13H18N2O4. The summed E-state index contributed by atoms with van der Waals surface area (Å²) >= 11 is 0. The van der Waals surface area contributed by atoms with Crippen LogP contribution in [0.5, 0.6) is 0 Å². The Bertz CT molecular complexity index is 408. The Morgan fingerprint density at radius 3 is 2.58 bits per heavy atom. The number of carbonyl (C=O) groups excluding carboxylic acids is 2. The minimum absolute atomic E-state index is 0.101. The van der Waals surface area contributed by atoms with Crippen LogP contribution in [0, 0.1) is 0 Å². The van der Waals surface area contributed by atoms with Crippen LogP contribution in [0.25, 0.3) is 0 Å². The van der Waals surface area contributed by atoms with E-state index in [0.29, 0.717) is 0 Å². The zero-order chi connectivity index (χ0) is 14.1. The van der Waals surface area contributed by atoms with Crippen molar-refractivity contribution in [3.05, 3.63) is 35.9 Å². The summed E-state index contributed by atoms with van der Waals surface area (Å²) in [7, 11) is 1.46. The van der Waals surface area contributed by atoms with Crippen molar-refractivity contribution < 1.29 is 19.1 Å². The topological polar surface area (TPSA) is 76.7 Å². The predicted octanol–water partition coefficient (Wildman–Crippen LogP) is 1.02. The molecular weight excluding hydrogens is 248 g/mol. The van der Waals surface area contributed by atoms with Crippen LogP contribution in [0.15, 0.2) is 30.3 Å². The van der Waals surface area contributed by atoms with Crippen LogP contribution in [0.4, 0.5) is 4.79 Å². The third kappa shape index (κ3) is 5.87. The molecule has 2 N–H and O–H groups in total. The number of hydrogen-bond donors (Lipinski definition) is 2. The second-order valence-electron chi connectivity index (χ2n) is 3.90. The van der Waals surface area contributed by atoms with E-state index in [1.54, 1.807) is 6.92 Å². The van der Waals surface area contributed by atoms with Gasteiger partial charge < -0.3 is 20.1 Å². The van der Waals surface area contributed by atoms with Crippen LogP contribution in [0.1, 0.15) is 12.5 Å². The SMILES string of the molecule is COCNC(=O)[C@H](C)NC(=O)OCc1ccccc1. The van der Waals surface area contributed by atoms with Gasteiger partial charge >= 0.3 is 6.09 Å². The highest BCUT2D eigenvalue weighted by Gasteiger charge is 2.15. The first-order valence-electron chi connectivity index (χ1n) is 5.87. The Morgan fingerprint density at radius 1 is 1.26 bits per heavy atom. The lowest BCUT2D eigenvalue weighted by molar-refractivity contribution is -0.124. The van der Waals surface area contributed by atoms with Crippen molar-refractivity contribution in [1.82, 2.24) is 10.6 Å². The number of rotatable bonds is 6. The first-order chi connectivity index (χ1) is 9.13. The molecule has 0 saturated carbocycles. The molecule has 0 aliphatic carbocycles. The Morgan fingerprint density at radius 2 is 1.95 bits per heavy atom. The van der Waals surface area contributed by atoms with Crippen LogP contribution in [0.2, 0.25) is 0 Å². The van der Waals surface area contributed by atoms with Crippen LogP contribution in [-0.2, 0) is 20.9 Å². The Labute approximate surface area is 112 Å². The lowest BCUT2D eigenvalue weighted by Crippen LogP contribution is -2.45. The van der Waals surface area contributed by atoms with E-state index < -0.39 is 12.1 Å². The van der Waals surface area contributed by atoms with Crippen molar-refractivity contribution in [2.24, 2.45) is 0 Å². The minimum atomic E-state index is -0.682. The summed E-state index contributed by atoms with van der Waals surface area (Å²) in [5.41, 5.74) is 0.883. The van der Waals surface area contributed by atoms with Gasteiger partial charge in [0.25, 0.3) is 0 Å². The number of methoxy groups -OCH3 is 1. The average Bonchev–Trinajstić information content (AvgIpc) is 2.43. The summed E-state index contributed by atoms with van der Waals surface area (Å²) in [4.78, 5) is 22.9. The van der Waals surface area contributed by atoms with E-state index in [-0.39, 0.29) is 19.2 Å². The third-order valence-electron chi connectivity index (χ3n) is 2.33. The van der Waals surface area contributed by atoms with E-state index in [1.165, 1.54) is 7.11 Å². The van der Waals surface area contributed by atoms with Crippen molar-refractivity contribution in [1.29, 1.82) is 0 Å². The third-order valence-corrected chi connectivity index (χ3v) is 2.33. The lowest BCUT2D eigenvalue weighted by atomic mass is 10.2. The average molecular weight is 266 g/mol. The van der Waals surface area contributed by atoms with Crippen molar-refractivity contribution in [3.63, 3.8) is 0 Å². The molecule has 0 heterocycles. The summed E-state index contributed by atoms with van der Waals surface area (Å²) in [6.07, 6.45) is -0.635. The normalized spacial score (nSPS) is 11.5.